The molecular weight excluding hydrogens is 210 g/mol. The van der Waals surface area contributed by atoms with E-state index in [1.807, 2.05) is 27.7 Å². The van der Waals surface area contributed by atoms with Gasteiger partial charge in [0, 0.05) is 14.0 Å². The van der Waals surface area contributed by atoms with E-state index in [0.29, 0.717) is 0 Å². The number of hydrogen-bond acceptors (Lipinski definition) is 2. The summed E-state index contributed by atoms with van der Waals surface area (Å²) in [5.41, 5.74) is 1.41. The highest BCUT2D eigenvalue weighted by molar-refractivity contribution is 5.72. The summed E-state index contributed by atoms with van der Waals surface area (Å²) in [5, 5.41) is 0. The number of hydrogen-bond donors (Lipinski definition) is 0. The molecule has 1 aliphatic rings. The lowest BCUT2D eigenvalue weighted by Crippen LogP contribution is -1.90. The van der Waals surface area contributed by atoms with E-state index in [2.05, 4.69) is 34.9 Å². The van der Waals surface area contributed by atoms with Crippen LogP contribution in [0.25, 0.3) is 0 Å². The molecule has 0 aliphatic heterocycles. The fourth-order valence-corrected chi connectivity index (χ4v) is 0.836. The molecule has 0 amide bonds. The second-order valence-electron chi connectivity index (χ2n) is 2.87. The summed E-state index contributed by atoms with van der Waals surface area (Å²) in [6.07, 6.45) is 9.12. The molecule has 2 heteroatoms. The summed E-state index contributed by atoms with van der Waals surface area (Å²) in [6, 6.07) is 0. The fourth-order valence-electron chi connectivity index (χ4n) is 0.836. The van der Waals surface area contributed by atoms with E-state index in [1.165, 1.54) is 18.4 Å². The smallest absolute Gasteiger partial charge is 0.179 e. The quantitative estimate of drug-likeness (QED) is 0.431. The molecule has 0 bridgehead atoms. The van der Waals surface area contributed by atoms with Crippen molar-refractivity contribution in [2.24, 2.45) is 4.99 Å². The van der Waals surface area contributed by atoms with Crippen molar-refractivity contribution in [2.75, 3.05) is 14.2 Å². The van der Waals surface area contributed by atoms with Crippen LogP contribution in [0.1, 0.15) is 54.4 Å². The second-order valence-corrected chi connectivity index (χ2v) is 2.87. The van der Waals surface area contributed by atoms with Crippen LogP contribution in [0.3, 0.4) is 0 Å². The number of methoxy groups -OCH3 is 1. The standard InChI is InChI=1S/C7H10.C4H9NO.2C2H6/c1-7-5-3-2-4-6-7;1-4(5-2)6-3;2*1-2/h3,5-6H,2,4H2,1H3;1-3H3;2*1-2H3. The van der Waals surface area contributed by atoms with Gasteiger partial charge in [0.1, 0.15) is 0 Å². The molecule has 2 nitrogen and oxygen atoms in total. The molecule has 0 fully saturated rings. The van der Waals surface area contributed by atoms with Crippen molar-refractivity contribution in [2.45, 2.75) is 54.4 Å². The zero-order chi connectivity index (χ0) is 14.1. The van der Waals surface area contributed by atoms with Gasteiger partial charge in [-0.2, -0.15) is 0 Å². The predicted octanol–water partition coefficient (Wildman–Crippen LogP) is 5.02. The lowest BCUT2D eigenvalue weighted by molar-refractivity contribution is 0.399. The molecule has 0 atom stereocenters. The molecule has 0 N–H and O–H groups in total. The molecule has 0 aromatic carbocycles. The molecule has 0 radical (unpaired) electrons. The van der Waals surface area contributed by atoms with Crippen molar-refractivity contribution < 1.29 is 4.74 Å². The van der Waals surface area contributed by atoms with Crippen LogP contribution in [0.4, 0.5) is 0 Å². The molecule has 0 heterocycles. The maximum absolute atomic E-state index is 4.65. The Morgan fingerprint density at radius 1 is 1.18 bits per heavy atom. The van der Waals surface area contributed by atoms with Crippen molar-refractivity contribution in [3.8, 4) is 0 Å². The minimum absolute atomic E-state index is 0.718. The van der Waals surface area contributed by atoms with Crippen LogP contribution in [0.5, 0.6) is 0 Å². The third-order valence-corrected chi connectivity index (χ3v) is 1.79. The van der Waals surface area contributed by atoms with E-state index in [1.54, 1.807) is 21.1 Å². The number of ether oxygens (including phenoxy) is 1. The monoisotopic (exact) mass is 241 g/mol. The summed E-state index contributed by atoms with van der Waals surface area (Å²) in [7, 11) is 3.29. The van der Waals surface area contributed by atoms with E-state index in [-0.39, 0.29) is 0 Å². The molecule has 0 saturated heterocycles. The average molecular weight is 241 g/mol. The lowest BCUT2D eigenvalue weighted by atomic mass is 10.1. The first-order valence-corrected chi connectivity index (χ1v) is 6.51. The van der Waals surface area contributed by atoms with Gasteiger partial charge in [-0.3, -0.25) is 4.99 Å². The summed E-state index contributed by atoms with van der Waals surface area (Å²) in [6.45, 7) is 11.9. The van der Waals surface area contributed by atoms with E-state index >= 15 is 0 Å². The zero-order valence-corrected chi connectivity index (χ0v) is 13.0. The number of nitrogens with zero attached hydrogens (tertiary/aromatic N) is 1. The van der Waals surface area contributed by atoms with Crippen LogP contribution >= 0.6 is 0 Å². The molecule has 0 spiro atoms. The highest BCUT2D eigenvalue weighted by atomic mass is 16.5. The van der Waals surface area contributed by atoms with Crippen LogP contribution < -0.4 is 0 Å². The van der Waals surface area contributed by atoms with Gasteiger partial charge in [-0.1, -0.05) is 51.5 Å². The molecule has 102 valence electrons. The van der Waals surface area contributed by atoms with Gasteiger partial charge in [0.2, 0.25) is 0 Å². The molecule has 0 unspecified atom stereocenters. The summed E-state index contributed by atoms with van der Waals surface area (Å²) >= 11 is 0. The number of allylic oxidation sites excluding steroid dienone is 4. The summed E-state index contributed by atoms with van der Waals surface area (Å²) < 4.78 is 4.65. The SMILES string of the molecule is CC.CC.CC1=CCCC=C1.CN=C(C)OC. The molecule has 1 aliphatic carbocycles. The Bertz CT molecular complexity index is 215. The topological polar surface area (TPSA) is 21.6 Å². The Labute approximate surface area is 108 Å². The Balaban J connectivity index is -0.000000180. The minimum atomic E-state index is 0.718. The highest BCUT2D eigenvalue weighted by Crippen LogP contribution is 2.06. The number of rotatable bonds is 0. The van der Waals surface area contributed by atoms with Crippen LogP contribution in [-0.2, 0) is 4.74 Å². The Morgan fingerprint density at radius 3 is 1.82 bits per heavy atom. The van der Waals surface area contributed by atoms with Crippen molar-refractivity contribution in [3.63, 3.8) is 0 Å². The maximum atomic E-state index is 4.65. The first-order valence-electron chi connectivity index (χ1n) is 6.51. The number of aliphatic imine (C=N–C) groups is 1. The third-order valence-electron chi connectivity index (χ3n) is 1.79. The average Bonchev–Trinajstić information content (AvgIpc) is 2.44. The predicted molar refractivity (Wildman–Crippen MR) is 80.9 cm³/mol. The first kappa shape index (κ1) is 21.3. The summed E-state index contributed by atoms with van der Waals surface area (Å²) in [5.74, 6) is 0.718. The van der Waals surface area contributed by atoms with Gasteiger partial charge in [0.15, 0.2) is 5.90 Å². The molecular formula is C15H31NO. The van der Waals surface area contributed by atoms with Crippen LogP contribution in [0.15, 0.2) is 28.8 Å². The zero-order valence-electron chi connectivity index (χ0n) is 13.0. The highest BCUT2D eigenvalue weighted by Gasteiger charge is 1.86. The second kappa shape index (κ2) is 20.4. The van der Waals surface area contributed by atoms with E-state index in [9.17, 15) is 0 Å². The van der Waals surface area contributed by atoms with Gasteiger partial charge >= 0.3 is 0 Å². The molecule has 1 rings (SSSR count). The van der Waals surface area contributed by atoms with Crippen LogP contribution in [-0.4, -0.2) is 20.1 Å². The first-order chi connectivity index (χ1) is 8.20. The summed E-state index contributed by atoms with van der Waals surface area (Å²) in [4.78, 5) is 3.70. The van der Waals surface area contributed by atoms with Gasteiger partial charge in [0.25, 0.3) is 0 Å². The largest absolute Gasteiger partial charge is 0.485 e. The van der Waals surface area contributed by atoms with Gasteiger partial charge in [-0.05, 0) is 19.8 Å². The normalized spacial score (nSPS) is 12.7. The molecule has 0 saturated carbocycles. The Kier molecular flexibility index (Phi) is 25.5. The molecule has 17 heavy (non-hydrogen) atoms. The maximum Gasteiger partial charge on any atom is 0.179 e. The van der Waals surface area contributed by atoms with Crippen molar-refractivity contribution >= 4 is 5.90 Å². The van der Waals surface area contributed by atoms with Crippen molar-refractivity contribution in [1.29, 1.82) is 0 Å². The van der Waals surface area contributed by atoms with Gasteiger partial charge in [-0.15, -0.1) is 0 Å². The lowest BCUT2D eigenvalue weighted by Gasteiger charge is -1.96. The minimum Gasteiger partial charge on any atom is -0.485 e. The van der Waals surface area contributed by atoms with Gasteiger partial charge in [-0.25, -0.2) is 0 Å². The van der Waals surface area contributed by atoms with E-state index in [0.717, 1.165) is 5.90 Å². The van der Waals surface area contributed by atoms with Crippen molar-refractivity contribution in [3.05, 3.63) is 23.8 Å². The Hall–Kier alpha value is -1.05. The molecule has 0 aromatic rings. The van der Waals surface area contributed by atoms with E-state index in [4.69, 9.17) is 0 Å². The van der Waals surface area contributed by atoms with Crippen LogP contribution in [0.2, 0.25) is 0 Å². The third kappa shape index (κ3) is 20.9. The fraction of sp³-hybridized carbons (Fsp3) is 0.667. The van der Waals surface area contributed by atoms with E-state index < -0.39 is 0 Å². The van der Waals surface area contributed by atoms with Gasteiger partial charge in [0.05, 0.1) is 7.11 Å². The molecule has 0 aromatic heterocycles. The van der Waals surface area contributed by atoms with Crippen LogP contribution in [0, 0.1) is 0 Å². The van der Waals surface area contributed by atoms with Crippen molar-refractivity contribution in [1.82, 2.24) is 0 Å². The van der Waals surface area contributed by atoms with Gasteiger partial charge < -0.3 is 4.74 Å². The Morgan fingerprint density at radius 2 is 1.71 bits per heavy atom.